The first kappa shape index (κ1) is 20.9. The van der Waals surface area contributed by atoms with Crippen molar-refractivity contribution in [2.75, 3.05) is 11.8 Å². The van der Waals surface area contributed by atoms with Gasteiger partial charge < -0.3 is 10.1 Å². The van der Waals surface area contributed by atoms with Gasteiger partial charge in [0, 0.05) is 10.6 Å². The highest BCUT2D eigenvalue weighted by molar-refractivity contribution is 7.92. The maximum atomic E-state index is 12.7. The fourth-order valence-corrected chi connectivity index (χ4v) is 4.73. The van der Waals surface area contributed by atoms with Crippen LogP contribution in [0.1, 0.15) is 16.0 Å². The Kier molecular flexibility index (Phi) is 6.56. The average Bonchev–Trinajstić information content (AvgIpc) is 3.21. The predicted molar refractivity (Wildman–Crippen MR) is 115 cm³/mol. The third-order valence-electron chi connectivity index (χ3n) is 4.28. The number of nitrogens with one attached hydrogen (secondary N) is 2. The number of ether oxygens (including phenoxy) is 1. The molecule has 152 valence electrons. The zero-order valence-electron chi connectivity index (χ0n) is 16.1. The van der Waals surface area contributed by atoms with Crippen LogP contribution in [0.3, 0.4) is 0 Å². The minimum absolute atomic E-state index is 0.0828. The SMILES string of the molecule is COc1ccc(S(=O)(=O)Nc2ccc(CC(=O)NCc3cccs3)cc2)c(C)c1. The van der Waals surface area contributed by atoms with E-state index in [1.807, 2.05) is 17.5 Å². The number of thiophene rings is 1. The van der Waals surface area contributed by atoms with Crippen LogP contribution in [0.15, 0.2) is 64.9 Å². The van der Waals surface area contributed by atoms with Crippen LogP contribution in [-0.2, 0) is 27.8 Å². The Labute approximate surface area is 174 Å². The second-order valence-electron chi connectivity index (χ2n) is 6.47. The van der Waals surface area contributed by atoms with Crippen molar-refractivity contribution in [3.63, 3.8) is 0 Å². The largest absolute Gasteiger partial charge is 0.497 e. The van der Waals surface area contributed by atoms with Crippen molar-refractivity contribution in [1.29, 1.82) is 0 Å². The number of hydrogen-bond acceptors (Lipinski definition) is 5. The molecular formula is C21H22N2O4S2. The topological polar surface area (TPSA) is 84.5 Å². The second kappa shape index (κ2) is 9.11. The summed E-state index contributed by atoms with van der Waals surface area (Å²) in [6, 6.07) is 15.5. The lowest BCUT2D eigenvalue weighted by Gasteiger charge is -2.12. The van der Waals surface area contributed by atoms with Gasteiger partial charge in [-0.2, -0.15) is 0 Å². The van der Waals surface area contributed by atoms with Crippen molar-refractivity contribution in [2.45, 2.75) is 24.8 Å². The molecule has 1 heterocycles. The fraction of sp³-hybridized carbons (Fsp3) is 0.190. The molecule has 8 heteroatoms. The summed E-state index contributed by atoms with van der Waals surface area (Å²) in [5.74, 6) is 0.517. The number of aryl methyl sites for hydroxylation is 1. The Bertz CT molecular complexity index is 1080. The third kappa shape index (κ3) is 5.58. The molecule has 0 saturated carbocycles. The predicted octanol–water partition coefficient (Wildman–Crippen LogP) is 3.72. The number of carbonyl (C=O) groups is 1. The zero-order valence-corrected chi connectivity index (χ0v) is 17.8. The van der Waals surface area contributed by atoms with E-state index in [4.69, 9.17) is 4.74 Å². The van der Waals surface area contributed by atoms with E-state index in [1.54, 1.807) is 54.7 Å². The van der Waals surface area contributed by atoms with Gasteiger partial charge in [0.2, 0.25) is 5.91 Å². The summed E-state index contributed by atoms with van der Waals surface area (Å²) < 4.78 is 33.0. The van der Waals surface area contributed by atoms with Gasteiger partial charge in [0.1, 0.15) is 5.75 Å². The van der Waals surface area contributed by atoms with Gasteiger partial charge in [-0.25, -0.2) is 8.42 Å². The highest BCUT2D eigenvalue weighted by Crippen LogP contribution is 2.23. The van der Waals surface area contributed by atoms with Gasteiger partial charge in [-0.05, 0) is 59.8 Å². The highest BCUT2D eigenvalue weighted by atomic mass is 32.2. The molecule has 0 aliphatic carbocycles. The zero-order chi connectivity index (χ0) is 20.9. The summed E-state index contributed by atoms with van der Waals surface area (Å²) in [4.78, 5) is 13.4. The summed E-state index contributed by atoms with van der Waals surface area (Å²) in [6.45, 7) is 2.23. The van der Waals surface area contributed by atoms with E-state index < -0.39 is 10.0 Å². The monoisotopic (exact) mass is 430 g/mol. The summed E-state index contributed by atoms with van der Waals surface area (Å²) >= 11 is 1.59. The number of sulfonamides is 1. The molecule has 0 saturated heterocycles. The first-order valence-corrected chi connectivity index (χ1v) is 11.3. The Morgan fingerprint density at radius 2 is 1.86 bits per heavy atom. The molecular weight excluding hydrogens is 408 g/mol. The summed E-state index contributed by atoms with van der Waals surface area (Å²) in [5, 5.41) is 4.84. The molecule has 29 heavy (non-hydrogen) atoms. The van der Waals surface area contributed by atoms with Crippen LogP contribution in [0.2, 0.25) is 0 Å². The van der Waals surface area contributed by atoms with Crippen molar-refractivity contribution >= 4 is 33.0 Å². The maximum Gasteiger partial charge on any atom is 0.262 e. The standard InChI is InChI=1S/C21H22N2O4S2/c1-15-12-18(27-2)9-10-20(15)29(25,26)23-17-7-5-16(6-8-17)13-21(24)22-14-19-4-3-11-28-19/h3-12,23H,13-14H2,1-2H3,(H,22,24). The lowest BCUT2D eigenvalue weighted by molar-refractivity contribution is -0.120. The first-order valence-electron chi connectivity index (χ1n) is 8.93. The van der Waals surface area contributed by atoms with Gasteiger partial charge in [-0.1, -0.05) is 18.2 Å². The van der Waals surface area contributed by atoms with E-state index in [-0.39, 0.29) is 17.2 Å². The van der Waals surface area contributed by atoms with E-state index in [0.717, 1.165) is 10.4 Å². The van der Waals surface area contributed by atoms with Crippen LogP contribution in [-0.4, -0.2) is 21.4 Å². The lowest BCUT2D eigenvalue weighted by atomic mass is 10.1. The van der Waals surface area contributed by atoms with Crippen LogP contribution in [0, 0.1) is 6.92 Å². The molecule has 0 fully saturated rings. The normalized spacial score (nSPS) is 11.1. The van der Waals surface area contributed by atoms with Crippen LogP contribution in [0.25, 0.3) is 0 Å². The number of anilines is 1. The molecule has 0 bridgehead atoms. The lowest BCUT2D eigenvalue weighted by Crippen LogP contribution is -2.24. The van der Waals surface area contributed by atoms with Crippen molar-refractivity contribution in [3.8, 4) is 5.75 Å². The maximum absolute atomic E-state index is 12.7. The van der Waals surface area contributed by atoms with Gasteiger partial charge in [-0.15, -0.1) is 11.3 Å². The van der Waals surface area contributed by atoms with Gasteiger partial charge in [0.25, 0.3) is 10.0 Å². The molecule has 0 atom stereocenters. The number of methoxy groups -OCH3 is 1. The number of amides is 1. The van der Waals surface area contributed by atoms with Crippen molar-refractivity contribution in [3.05, 3.63) is 76.0 Å². The van der Waals surface area contributed by atoms with E-state index >= 15 is 0 Å². The summed E-state index contributed by atoms with van der Waals surface area (Å²) in [5.41, 5.74) is 1.83. The van der Waals surface area contributed by atoms with E-state index in [0.29, 0.717) is 23.5 Å². The molecule has 1 amide bonds. The fourth-order valence-electron chi connectivity index (χ4n) is 2.80. The smallest absolute Gasteiger partial charge is 0.262 e. The Balaban J connectivity index is 1.61. The third-order valence-corrected chi connectivity index (χ3v) is 6.70. The molecule has 0 radical (unpaired) electrons. The minimum atomic E-state index is -3.72. The Morgan fingerprint density at radius 3 is 2.48 bits per heavy atom. The number of rotatable bonds is 8. The molecule has 3 rings (SSSR count). The molecule has 2 N–H and O–H groups in total. The van der Waals surface area contributed by atoms with Gasteiger partial charge >= 0.3 is 0 Å². The van der Waals surface area contributed by atoms with E-state index in [9.17, 15) is 13.2 Å². The molecule has 1 aromatic heterocycles. The molecule has 6 nitrogen and oxygen atoms in total. The molecule has 0 unspecified atom stereocenters. The molecule has 0 aliphatic rings. The Hall–Kier alpha value is -2.84. The summed E-state index contributed by atoms with van der Waals surface area (Å²) in [7, 11) is -2.19. The molecule has 3 aromatic rings. The second-order valence-corrected chi connectivity index (χ2v) is 9.15. The number of carbonyl (C=O) groups excluding carboxylic acids is 1. The Morgan fingerprint density at radius 1 is 1.10 bits per heavy atom. The van der Waals surface area contributed by atoms with E-state index in [2.05, 4.69) is 10.0 Å². The molecule has 2 aromatic carbocycles. The average molecular weight is 431 g/mol. The highest BCUT2D eigenvalue weighted by Gasteiger charge is 2.17. The number of benzene rings is 2. The first-order chi connectivity index (χ1) is 13.9. The van der Waals surface area contributed by atoms with Gasteiger partial charge in [0.05, 0.1) is 25.0 Å². The van der Waals surface area contributed by atoms with Gasteiger partial charge in [-0.3, -0.25) is 9.52 Å². The van der Waals surface area contributed by atoms with Crippen molar-refractivity contribution in [2.24, 2.45) is 0 Å². The van der Waals surface area contributed by atoms with Gasteiger partial charge in [0.15, 0.2) is 0 Å². The van der Waals surface area contributed by atoms with Crippen LogP contribution in [0.4, 0.5) is 5.69 Å². The minimum Gasteiger partial charge on any atom is -0.497 e. The number of hydrogen-bond donors (Lipinski definition) is 2. The quantitative estimate of drug-likeness (QED) is 0.570. The van der Waals surface area contributed by atoms with Crippen LogP contribution >= 0.6 is 11.3 Å². The van der Waals surface area contributed by atoms with Crippen LogP contribution in [0.5, 0.6) is 5.75 Å². The molecule has 0 aliphatic heterocycles. The summed E-state index contributed by atoms with van der Waals surface area (Å²) in [6.07, 6.45) is 0.232. The van der Waals surface area contributed by atoms with Crippen molar-refractivity contribution in [1.82, 2.24) is 5.32 Å². The van der Waals surface area contributed by atoms with E-state index in [1.165, 1.54) is 13.2 Å². The molecule has 0 spiro atoms. The van der Waals surface area contributed by atoms with Crippen LogP contribution < -0.4 is 14.8 Å². The van der Waals surface area contributed by atoms with Crippen molar-refractivity contribution < 1.29 is 17.9 Å².